The van der Waals surface area contributed by atoms with Crippen LogP contribution in [0, 0.1) is 0 Å². The Kier molecular flexibility index (Phi) is 7.93. The zero-order valence-electron chi connectivity index (χ0n) is 10.3. The van der Waals surface area contributed by atoms with Crippen molar-refractivity contribution in [1.82, 2.24) is 0 Å². The zero-order valence-corrected chi connectivity index (χ0v) is 14.7. The summed E-state index contributed by atoms with van der Waals surface area (Å²) in [5.41, 5.74) is 0. The van der Waals surface area contributed by atoms with Crippen molar-refractivity contribution in [2.45, 2.75) is 51.3 Å². The second-order valence-electron chi connectivity index (χ2n) is 4.37. The average molecular weight is 554 g/mol. The van der Waals surface area contributed by atoms with Crippen molar-refractivity contribution in [3.8, 4) is 0 Å². The normalized spacial score (nSPS) is 16.1. The molecule has 0 spiro atoms. The summed E-state index contributed by atoms with van der Waals surface area (Å²) in [6.45, 7) is -0.227. The van der Waals surface area contributed by atoms with E-state index in [1.54, 1.807) is 0 Å². The molecule has 0 amide bonds. The molecule has 0 saturated carbocycles. The monoisotopic (exact) mass is 554 g/mol. The predicted octanol–water partition coefficient (Wildman–Crippen LogP) is 5.28. The van der Waals surface area contributed by atoms with Crippen molar-refractivity contribution in [2.75, 3.05) is 6.61 Å². The van der Waals surface area contributed by atoms with Crippen LogP contribution in [0.4, 0.5) is 35.1 Å². The Morgan fingerprint density at radius 3 is 1.71 bits per heavy atom. The number of alkyl halides is 10. The van der Waals surface area contributed by atoms with E-state index in [2.05, 4.69) is 0 Å². The van der Waals surface area contributed by atoms with Crippen LogP contribution in [0.5, 0.6) is 0 Å². The molecule has 0 aromatic rings. The molecule has 0 aliphatic carbocycles. The molecule has 21 heavy (non-hydrogen) atoms. The Bertz CT molecular complexity index is 332. The van der Waals surface area contributed by atoms with Gasteiger partial charge in [-0.05, 0) is 12.8 Å². The van der Waals surface area contributed by atoms with Crippen molar-refractivity contribution in [3.63, 3.8) is 0 Å². The average Bonchev–Trinajstić information content (AvgIpc) is 2.26. The highest BCUT2D eigenvalue weighted by Crippen LogP contribution is 2.56. The first-order valence-corrected chi connectivity index (χ1v) is 7.98. The second-order valence-corrected chi connectivity index (χ2v) is 7.49. The molecule has 11 heteroatoms. The molecular formula is C10H12F8I2O. The molecule has 128 valence electrons. The van der Waals surface area contributed by atoms with Gasteiger partial charge in [0.15, 0.2) is 0 Å². The summed E-state index contributed by atoms with van der Waals surface area (Å²) in [5, 5.41) is 8.48. The third-order valence-electron chi connectivity index (χ3n) is 2.61. The van der Waals surface area contributed by atoms with E-state index >= 15 is 0 Å². The quantitative estimate of drug-likeness (QED) is 0.178. The van der Waals surface area contributed by atoms with E-state index in [1.807, 2.05) is 0 Å². The minimum absolute atomic E-state index is 0.0288. The number of hydrogen-bond donors (Lipinski definition) is 1. The Hall–Kier alpha value is 0.860. The lowest BCUT2D eigenvalue weighted by molar-refractivity contribution is -0.343. The van der Waals surface area contributed by atoms with Crippen LogP contribution in [0.2, 0.25) is 0 Å². The number of unbranched alkanes of at least 4 members (excludes halogenated alkanes) is 1. The van der Waals surface area contributed by atoms with E-state index in [1.165, 1.54) is 22.6 Å². The highest BCUT2D eigenvalue weighted by atomic mass is 127. The molecule has 1 nitrogen and oxygen atoms in total. The van der Waals surface area contributed by atoms with Gasteiger partial charge in [0, 0.05) is 39.5 Å². The van der Waals surface area contributed by atoms with Gasteiger partial charge in [0.25, 0.3) is 0 Å². The largest absolute Gasteiger partial charge is 0.396 e. The SMILES string of the molecule is OCCCCC(I)CC(F)(F)C(F)(F)C(F)(F)C(F)(F)I. The van der Waals surface area contributed by atoms with Crippen LogP contribution in [-0.4, -0.2) is 37.3 Å². The lowest BCUT2D eigenvalue weighted by atomic mass is 9.98. The predicted molar refractivity (Wildman–Crippen MR) is 77.2 cm³/mol. The summed E-state index contributed by atoms with van der Waals surface area (Å²) >= 11 is 1.09. The molecule has 1 N–H and O–H groups in total. The topological polar surface area (TPSA) is 20.2 Å². The van der Waals surface area contributed by atoms with E-state index in [4.69, 9.17) is 5.11 Å². The van der Waals surface area contributed by atoms with E-state index in [0.29, 0.717) is 0 Å². The summed E-state index contributed by atoms with van der Waals surface area (Å²) in [5.74, 6) is -17.6. The van der Waals surface area contributed by atoms with E-state index in [0.717, 1.165) is 0 Å². The first-order valence-electron chi connectivity index (χ1n) is 5.66. The molecule has 0 aromatic heterocycles. The fourth-order valence-corrected chi connectivity index (χ4v) is 2.73. The molecule has 0 aromatic carbocycles. The van der Waals surface area contributed by atoms with Gasteiger partial charge in [0.05, 0.1) is 0 Å². The van der Waals surface area contributed by atoms with Crippen molar-refractivity contribution >= 4 is 45.2 Å². The fraction of sp³-hybridized carbons (Fsp3) is 1.00. The van der Waals surface area contributed by atoms with Gasteiger partial charge in [-0.3, -0.25) is 0 Å². The molecule has 0 bridgehead atoms. The number of halogens is 10. The van der Waals surface area contributed by atoms with Gasteiger partial charge in [0.1, 0.15) is 0 Å². The van der Waals surface area contributed by atoms with Crippen LogP contribution in [0.1, 0.15) is 25.7 Å². The molecule has 0 saturated heterocycles. The van der Waals surface area contributed by atoms with Crippen molar-refractivity contribution < 1.29 is 40.2 Å². The molecule has 1 unspecified atom stereocenters. The maximum atomic E-state index is 13.4. The minimum atomic E-state index is -6.18. The summed E-state index contributed by atoms with van der Waals surface area (Å²) in [6, 6.07) is 0. The van der Waals surface area contributed by atoms with Gasteiger partial charge < -0.3 is 5.11 Å². The summed E-state index contributed by atoms with van der Waals surface area (Å²) in [7, 11) is 0. The molecule has 0 radical (unpaired) electrons. The van der Waals surface area contributed by atoms with Gasteiger partial charge in [-0.1, -0.05) is 29.0 Å². The third kappa shape index (κ3) is 5.18. The highest BCUT2D eigenvalue weighted by molar-refractivity contribution is 14.1. The summed E-state index contributed by atoms with van der Waals surface area (Å²) in [6.07, 6.45) is -1.22. The van der Waals surface area contributed by atoms with Crippen LogP contribution in [0.15, 0.2) is 0 Å². The first-order chi connectivity index (χ1) is 9.20. The van der Waals surface area contributed by atoms with Gasteiger partial charge in [-0.15, -0.1) is 0 Å². The standard InChI is InChI=1S/C10H12F8I2O/c11-7(12,5-6(19)3-1-2-4-21)8(13,14)9(15,16)10(17,18)20/h6,21H,1-5H2. The smallest absolute Gasteiger partial charge is 0.387 e. The third-order valence-corrected chi connectivity index (χ3v) is 4.35. The van der Waals surface area contributed by atoms with Crippen LogP contribution < -0.4 is 0 Å². The van der Waals surface area contributed by atoms with E-state index in [9.17, 15) is 35.1 Å². The second kappa shape index (κ2) is 7.62. The zero-order chi connectivity index (χ0) is 17.1. The molecule has 0 heterocycles. The van der Waals surface area contributed by atoms with Gasteiger partial charge in [0.2, 0.25) is 0 Å². The summed E-state index contributed by atoms with van der Waals surface area (Å²) in [4.78, 5) is 0. The Balaban J connectivity index is 5.03. The molecule has 0 aliphatic heterocycles. The first kappa shape index (κ1) is 21.9. The molecule has 0 rings (SSSR count). The molecule has 0 aliphatic rings. The maximum absolute atomic E-state index is 13.4. The lowest BCUT2D eigenvalue weighted by Crippen LogP contribution is -2.60. The Labute approximate surface area is 143 Å². The van der Waals surface area contributed by atoms with Crippen molar-refractivity contribution in [1.29, 1.82) is 0 Å². The molecule has 0 fully saturated rings. The number of aliphatic hydroxyl groups is 1. The lowest BCUT2D eigenvalue weighted by Gasteiger charge is -2.35. The molecule has 1 atom stereocenters. The van der Waals surface area contributed by atoms with Gasteiger partial charge >= 0.3 is 21.7 Å². The number of hydrogen-bond acceptors (Lipinski definition) is 1. The Morgan fingerprint density at radius 1 is 0.857 bits per heavy atom. The minimum Gasteiger partial charge on any atom is -0.396 e. The maximum Gasteiger partial charge on any atom is 0.387 e. The van der Waals surface area contributed by atoms with Gasteiger partial charge in [-0.25, -0.2) is 0 Å². The number of aliphatic hydroxyl groups excluding tert-OH is 1. The summed E-state index contributed by atoms with van der Waals surface area (Å²) < 4.78 is 97.6. The van der Waals surface area contributed by atoms with Crippen LogP contribution in [0.3, 0.4) is 0 Å². The van der Waals surface area contributed by atoms with Gasteiger partial charge in [-0.2, -0.15) is 35.1 Å². The van der Waals surface area contributed by atoms with E-state index < -0.39 is 32.0 Å². The molecular weight excluding hydrogens is 542 g/mol. The van der Waals surface area contributed by atoms with E-state index in [-0.39, 0.29) is 48.5 Å². The van der Waals surface area contributed by atoms with Crippen molar-refractivity contribution in [3.05, 3.63) is 0 Å². The van der Waals surface area contributed by atoms with Crippen molar-refractivity contribution in [2.24, 2.45) is 0 Å². The van der Waals surface area contributed by atoms with Crippen LogP contribution in [0.25, 0.3) is 0 Å². The van der Waals surface area contributed by atoms with Crippen LogP contribution in [-0.2, 0) is 0 Å². The Morgan fingerprint density at radius 2 is 1.33 bits per heavy atom. The highest BCUT2D eigenvalue weighted by Gasteiger charge is 2.79. The number of rotatable bonds is 9. The van der Waals surface area contributed by atoms with Crippen LogP contribution >= 0.6 is 45.2 Å². The fourth-order valence-electron chi connectivity index (χ4n) is 1.39.